The van der Waals surface area contributed by atoms with E-state index in [1.165, 1.54) is 11.8 Å². The van der Waals surface area contributed by atoms with Crippen LogP contribution in [0.5, 0.6) is 0 Å². The van der Waals surface area contributed by atoms with Crippen molar-refractivity contribution in [2.75, 3.05) is 32.7 Å². The number of halogens is 4. The first kappa shape index (κ1) is 23.1. The molecule has 0 saturated carbocycles. The summed E-state index contributed by atoms with van der Waals surface area (Å²) in [6.07, 6.45) is -4.18. The topological polar surface area (TPSA) is 44.0 Å². The van der Waals surface area contributed by atoms with E-state index in [1.54, 1.807) is 0 Å². The van der Waals surface area contributed by atoms with Crippen molar-refractivity contribution in [3.8, 4) is 0 Å². The Morgan fingerprint density at radius 1 is 1.27 bits per heavy atom. The van der Waals surface area contributed by atoms with E-state index in [4.69, 9.17) is 4.42 Å². The summed E-state index contributed by atoms with van der Waals surface area (Å²) in [5.74, 6) is 2.43. The fourth-order valence-corrected chi connectivity index (χ4v) is 2.95. The number of aliphatic imine (C=N–C) groups is 1. The Bertz CT molecular complexity index is 595. The van der Waals surface area contributed by atoms with E-state index in [0.29, 0.717) is 39.3 Å². The fourth-order valence-electron chi connectivity index (χ4n) is 2.95. The number of hydrogen-bond acceptors (Lipinski definition) is 3. The van der Waals surface area contributed by atoms with Crippen LogP contribution in [0.1, 0.15) is 30.9 Å². The van der Waals surface area contributed by atoms with Crippen LogP contribution in [0.25, 0.3) is 0 Å². The zero-order valence-electron chi connectivity index (χ0n) is 15.7. The second-order valence-electron chi connectivity index (χ2n) is 6.35. The molecular formula is C17H28F3IN4O. The van der Waals surface area contributed by atoms with Gasteiger partial charge in [-0.1, -0.05) is 0 Å². The predicted molar refractivity (Wildman–Crippen MR) is 107 cm³/mol. The molecule has 5 nitrogen and oxygen atoms in total. The summed E-state index contributed by atoms with van der Waals surface area (Å²) in [4.78, 5) is 8.13. The SMILES string of the molecule is CCNC(=NCc1cc(C)oc1C)N1CCN(C(C)C(F)(F)F)CC1.I. The molecule has 0 spiro atoms. The summed E-state index contributed by atoms with van der Waals surface area (Å²) in [5.41, 5.74) is 1.03. The van der Waals surface area contributed by atoms with Gasteiger partial charge in [-0.3, -0.25) is 4.90 Å². The van der Waals surface area contributed by atoms with Crippen molar-refractivity contribution < 1.29 is 17.6 Å². The first-order chi connectivity index (χ1) is 11.7. The molecule has 1 aromatic rings. The molecule has 26 heavy (non-hydrogen) atoms. The molecule has 1 aliphatic heterocycles. The Kier molecular flexibility index (Phi) is 8.71. The molecule has 0 aliphatic carbocycles. The van der Waals surface area contributed by atoms with Crippen molar-refractivity contribution in [1.82, 2.24) is 15.1 Å². The van der Waals surface area contributed by atoms with Gasteiger partial charge < -0.3 is 14.6 Å². The number of aryl methyl sites for hydroxylation is 2. The van der Waals surface area contributed by atoms with E-state index in [1.807, 2.05) is 31.7 Å². The largest absolute Gasteiger partial charge is 0.466 e. The second-order valence-corrected chi connectivity index (χ2v) is 6.35. The Labute approximate surface area is 170 Å². The van der Waals surface area contributed by atoms with Crippen LogP contribution in [0.15, 0.2) is 15.5 Å². The van der Waals surface area contributed by atoms with Gasteiger partial charge in [0.25, 0.3) is 0 Å². The van der Waals surface area contributed by atoms with E-state index in [2.05, 4.69) is 10.3 Å². The van der Waals surface area contributed by atoms with Gasteiger partial charge in [-0.25, -0.2) is 4.99 Å². The van der Waals surface area contributed by atoms with Crippen molar-refractivity contribution >= 4 is 29.9 Å². The van der Waals surface area contributed by atoms with Crippen LogP contribution in [0.3, 0.4) is 0 Å². The number of piperazine rings is 1. The van der Waals surface area contributed by atoms with Crippen molar-refractivity contribution in [2.45, 2.75) is 46.5 Å². The minimum absolute atomic E-state index is 0. The third-order valence-electron chi connectivity index (χ3n) is 4.51. The number of nitrogens with one attached hydrogen (secondary N) is 1. The third-order valence-corrected chi connectivity index (χ3v) is 4.51. The zero-order valence-corrected chi connectivity index (χ0v) is 18.0. The van der Waals surface area contributed by atoms with Gasteiger partial charge in [0, 0.05) is 38.3 Å². The molecule has 1 unspecified atom stereocenters. The minimum atomic E-state index is -4.18. The van der Waals surface area contributed by atoms with Crippen molar-refractivity contribution in [2.24, 2.45) is 4.99 Å². The van der Waals surface area contributed by atoms with Gasteiger partial charge in [0.05, 0.1) is 6.54 Å². The molecule has 0 amide bonds. The Morgan fingerprint density at radius 3 is 2.35 bits per heavy atom. The number of furan rings is 1. The van der Waals surface area contributed by atoms with Crippen LogP contribution >= 0.6 is 24.0 Å². The molecule has 2 rings (SSSR count). The molecule has 2 heterocycles. The van der Waals surface area contributed by atoms with Crippen LogP contribution in [-0.2, 0) is 6.54 Å². The first-order valence-electron chi connectivity index (χ1n) is 8.62. The Morgan fingerprint density at radius 2 is 1.88 bits per heavy atom. The van der Waals surface area contributed by atoms with Crippen LogP contribution in [0, 0.1) is 13.8 Å². The van der Waals surface area contributed by atoms with Crippen LogP contribution < -0.4 is 5.32 Å². The highest BCUT2D eigenvalue weighted by atomic mass is 127. The average molecular weight is 488 g/mol. The molecule has 1 aromatic heterocycles. The standard InChI is InChI=1S/C17H27F3N4O.HI/c1-5-21-16(22-11-15-10-12(2)25-13(15)3)24-8-6-23(7-9-24)14(4)17(18,19)20;/h10,14H,5-9,11H2,1-4H3,(H,21,22);1H. The van der Waals surface area contributed by atoms with Gasteiger partial charge in [0.2, 0.25) is 0 Å². The minimum Gasteiger partial charge on any atom is -0.466 e. The quantitative estimate of drug-likeness (QED) is 0.400. The number of alkyl halides is 3. The van der Waals surface area contributed by atoms with Gasteiger partial charge >= 0.3 is 6.18 Å². The highest BCUT2D eigenvalue weighted by Crippen LogP contribution is 2.25. The Balaban J connectivity index is 0.00000338. The van der Waals surface area contributed by atoms with E-state index in [-0.39, 0.29) is 24.0 Å². The van der Waals surface area contributed by atoms with Gasteiger partial charge in [0.15, 0.2) is 5.96 Å². The maximum atomic E-state index is 12.9. The predicted octanol–water partition coefficient (Wildman–Crippen LogP) is 3.55. The monoisotopic (exact) mass is 488 g/mol. The molecule has 9 heteroatoms. The van der Waals surface area contributed by atoms with Crippen LogP contribution in [0.2, 0.25) is 0 Å². The molecular weight excluding hydrogens is 460 g/mol. The summed E-state index contributed by atoms with van der Waals surface area (Å²) >= 11 is 0. The van der Waals surface area contributed by atoms with Crippen LogP contribution in [0.4, 0.5) is 13.2 Å². The highest BCUT2D eigenvalue weighted by molar-refractivity contribution is 14.0. The molecule has 150 valence electrons. The van der Waals surface area contributed by atoms with Gasteiger partial charge in [-0.15, -0.1) is 24.0 Å². The summed E-state index contributed by atoms with van der Waals surface area (Å²) in [6.45, 7) is 9.99. The van der Waals surface area contributed by atoms with Crippen molar-refractivity contribution in [3.63, 3.8) is 0 Å². The lowest BCUT2D eigenvalue weighted by molar-refractivity contribution is -0.181. The molecule has 1 atom stereocenters. The third kappa shape index (κ3) is 6.04. The summed E-state index contributed by atoms with van der Waals surface area (Å²) < 4.78 is 44.1. The lowest BCUT2D eigenvalue weighted by atomic mass is 10.2. The summed E-state index contributed by atoms with van der Waals surface area (Å²) in [5, 5.41) is 3.23. The summed E-state index contributed by atoms with van der Waals surface area (Å²) in [6, 6.07) is 0.552. The molecule has 0 bridgehead atoms. The second kappa shape index (κ2) is 9.82. The van der Waals surface area contributed by atoms with E-state index in [0.717, 1.165) is 23.0 Å². The maximum absolute atomic E-state index is 12.9. The average Bonchev–Trinajstić information content (AvgIpc) is 2.87. The fraction of sp³-hybridized carbons (Fsp3) is 0.706. The van der Waals surface area contributed by atoms with Gasteiger partial charge in [-0.2, -0.15) is 13.2 Å². The van der Waals surface area contributed by atoms with E-state index in [9.17, 15) is 13.2 Å². The van der Waals surface area contributed by atoms with E-state index < -0.39 is 12.2 Å². The molecule has 0 aromatic carbocycles. The van der Waals surface area contributed by atoms with Crippen molar-refractivity contribution in [1.29, 1.82) is 0 Å². The first-order valence-corrected chi connectivity index (χ1v) is 8.62. The highest BCUT2D eigenvalue weighted by Gasteiger charge is 2.41. The number of rotatable bonds is 4. The number of nitrogens with zero attached hydrogens (tertiary/aromatic N) is 3. The molecule has 1 saturated heterocycles. The number of guanidine groups is 1. The lowest BCUT2D eigenvalue weighted by Crippen LogP contribution is -2.56. The number of hydrogen-bond donors (Lipinski definition) is 1. The van der Waals surface area contributed by atoms with Gasteiger partial charge in [-0.05, 0) is 33.8 Å². The molecule has 1 aliphatic rings. The van der Waals surface area contributed by atoms with Crippen LogP contribution in [-0.4, -0.2) is 60.7 Å². The van der Waals surface area contributed by atoms with E-state index >= 15 is 0 Å². The smallest absolute Gasteiger partial charge is 0.403 e. The normalized spacial score (nSPS) is 17.8. The lowest BCUT2D eigenvalue weighted by Gasteiger charge is -2.39. The Hall–Kier alpha value is -0.970. The molecule has 1 fully saturated rings. The zero-order chi connectivity index (χ0) is 18.6. The molecule has 1 N–H and O–H groups in total. The summed E-state index contributed by atoms with van der Waals surface area (Å²) in [7, 11) is 0. The van der Waals surface area contributed by atoms with Crippen molar-refractivity contribution in [3.05, 3.63) is 23.2 Å². The maximum Gasteiger partial charge on any atom is 0.403 e. The van der Waals surface area contributed by atoms with Gasteiger partial charge in [0.1, 0.15) is 17.6 Å². The molecule has 0 radical (unpaired) electrons.